The third-order valence-electron chi connectivity index (χ3n) is 0.989. The zero-order valence-electron chi connectivity index (χ0n) is 6.38. The van der Waals surface area contributed by atoms with Crippen LogP contribution in [0.5, 0.6) is 0 Å². The summed E-state index contributed by atoms with van der Waals surface area (Å²) in [5, 5.41) is 19.2. The van der Waals surface area contributed by atoms with Crippen LogP contribution < -0.4 is 0 Å². The first-order chi connectivity index (χ1) is 6.09. The second kappa shape index (κ2) is 4.28. The highest BCUT2D eigenvalue weighted by Gasteiger charge is 2.10. The number of tetrazole rings is 1. The fraction of sp³-hybridized carbons (Fsp3) is 0.200. The summed E-state index contributed by atoms with van der Waals surface area (Å²) in [6.45, 7) is 3.19. The van der Waals surface area contributed by atoms with E-state index in [0.29, 0.717) is 9.35 Å². The maximum atomic E-state index is 10.3. The molecule has 69 valence electrons. The van der Waals surface area contributed by atoms with Crippen LogP contribution in [-0.2, 0) is 11.3 Å². The monoisotopic (exact) mass is 217 g/mol. The molecule has 8 heteroatoms. The average molecular weight is 217 g/mol. The first kappa shape index (κ1) is 10.1. The lowest BCUT2D eigenvalue weighted by Crippen LogP contribution is -2.11. The molecule has 0 spiro atoms. The molecule has 0 atom stereocenters. The van der Waals surface area contributed by atoms with Crippen LogP contribution in [0.4, 0.5) is 0 Å². The summed E-state index contributed by atoms with van der Waals surface area (Å²) in [7, 11) is 0. The zero-order chi connectivity index (χ0) is 9.84. The van der Waals surface area contributed by atoms with E-state index in [0.717, 1.165) is 16.4 Å². The van der Waals surface area contributed by atoms with E-state index in [1.54, 1.807) is 0 Å². The molecule has 0 saturated heterocycles. The average Bonchev–Trinajstić information content (AvgIpc) is 2.34. The van der Waals surface area contributed by atoms with Crippen LogP contribution >= 0.6 is 24.0 Å². The predicted octanol–water partition coefficient (Wildman–Crippen LogP) is 0.0113. The van der Waals surface area contributed by atoms with Gasteiger partial charge in [-0.2, -0.15) is 0 Å². The van der Waals surface area contributed by atoms with Crippen LogP contribution in [0.3, 0.4) is 0 Å². The van der Waals surface area contributed by atoms with Gasteiger partial charge in [0.15, 0.2) is 0 Å². The molecule has 0 unspecified atom stereocenters. The Kier molecular flexibility index (Phi) is 3.32. The number of hydrogen-bond acceptors (Lipinski definition) is 6. The van der Waals surface area contributed by atoms with E-state index in [1.165, 1.54) is 0 Å². The second-order valence-corrected chi connectivity index (χ2v) is 3.80. The van der Waals surface area contributed by atoms with Crippen LogP contribution in [-0.4, -0.2) is 35.5 Å². The topological polar surface area (TPSA) is 80.9 Å². The smallest absolute Gasteiger partial charge is 0.325 e. The van der Waals surface area contributed by atoms with E-state index in [-0.39, 0.29) is 6.54 Å². The van der Waals surface area contributed by atoms with Crippen molar-refractivity contribution in [2.45, 2.75) is 11.7 Å². The third-order valence-corrected chi connectivity index (χ3v) is 1.94. The van der Waals surface area contributed by atoms with Crippen molar-refractivity contribution >= 4 is 34.1 Å². The summed E-state index contributed by atoms with van der Waals surface area (Å²) in [5.41, 5.74) is 0. The Morgan fingerprint density at radius 2 is 2.46 bits per heavy atom. The van der Waals surface area contributed by atoms with Gasteiger partial charge in [-0.05, 0) is 29.1 Å². The molecule has 0 fully saturated rings. The van der Waals surface area contributed by atoms with Gasteiger partial charge in [0.2, 0.25) is 5.16 Å². The first-order valence-electron chi connectivity index (χ1n) is 3.11. The van der Waals surface area contributed by atoms with Crippen molar-refractivity contribution < 1.29 is 9.90 Å². The molecule has 1 rings (SSSR count). The minimum atomic E-state index is -1.01. The summed E-state index contributed by atoms with van der Waals surface area (Å²) >= 11 is 5.77. The van der Waals surface area contributed by atoms with Gasteiger partial charge < -0.3 is 5.11 Å². The number of thioether (sulfide) groups is 1. The molecule has 0 aliphatic carbocycles. The number of rotatable bonds is 3. The van der Waals surface area contributed by atoms with E-state index < -0.39 is 5.97 Å². The number of aromatic nitrogens is 4. The lowest BCUT2D eigenvalue weighted by molar-refractivity contribution is -0.138. The van der Waals surface area contributed by atoms with Gasteiger partial charge in [-0.15, -0.1) is 5.10 Å². The number of carbonyl (C=O) groups is 1. The van der Waals surface area contributed by atoms with Crippen LogP contribution in [0.1, 0.15) is 0 Å². The van der Waals surface area contributed by atoms with E-state index in [2.05, 4.69) is 22.4 Å². The Balaban J connectivity index is 2.76. The standard InChI is InChI=1S/C5H5N4O2S2/c1-3(12)13-5-6-7-8-9(5)2-4(10)11/h1-2H2,(H,10,11). The minimum absolute atomic E-state index is 0.280. The lowest BCUT2D eigenvalue weighted by Gasteiger charge is -1.98. The maximum absolute atomic E-state index is 10.3. The molecule has 0 amide bonds. The second-order valence-electron chi connectivity index (χ2n) is 1.99. The molecule has 1 heterocycles. The molecule has 0 bridgehead atoms. The lowest BCUT2D eigenvalue weighted by atomic mass is 10.7. The van der Waals surface area contributed by atoms with Crippen molar-refractivity contribution in [3.63, 3.8) is 0 Å². The summed E-state index contributed by atoms with van der Waals surface area (Å²) in [5.74, 6) is -1.01. The van der Waals surface area contributed by atoms with Gasteiger partial charge in [0.1, 0.15) is 6.54 Å². The van der Waals surface area contributed by atoms with Crippen molar-refractivity contribution in [2.24, 2.45) is 0 Å². The van der Waals surface area contributed by atoms with E-state index in [9.17, 15) is 4.79 Å². The molecule has 0 aliphatic rings. The Labute approximate surface area is 83.3 Å². The quantitative estimate of drug-likeness (QED) is 0.564. The van der Waals surface area contributed by atoms with Crippen LogP contribution in [0.15, 0.2) is 5.16 Å². The van der Waals surface area contributed by atoms with Crippen molar-refractivity contribution in [2.75, 3.05) is 0 Å². The number of carboxylic acid groups (broad SMARTS) is 1. The third kappa shape index (κ3) is 3.07. The fourth-order valence-corrected chi connectivity index (χ4v) is 1.31. The van der Waals surface area contributed by atoms with Crippen LogP contribution in [0.25, 0.3) is 0 Å². The van der Waals surface area contributed by atoms with Crippen molar-refractivity contribution in [3.8, 4) is 0 Å². The van der Waals surface area contributed by atoms with Gasteiger partial charge in [-0.25, -0.2) is 4.68 Å². The molecular formula is C5H5N4O2S2. The van der Waals surface area contributed by atoms with Crippen LogP contribution in [0, 0.1) is 6.92 Å². The molecule has 0 saturated carbocycles. The highest BCUT2D eigenvalue weighted by molar-refractivity contribution is 8.23. The summed E-state index contributed by atoms with van der Waals surface area (Å²) in [4.78, 5) is 10.3. The Morgan fingerprint density at radius 1 is 1.77 bits per heavy atom. The predicted molar refractivity (Wildman–Crippen MR) is 49.3 cm³/mol. The molecule has 1 radical (unpaired) electrons. The summed E-state index contributed by atoms with van der Waals surface area (Å²) < 4.78 is 1.53. The number of nitrogens with zero attached hydrogens (tertiary/aromatic N) is 4. The van der Waals surface area contributed by atoms with E-state index in [1.807, 2.05) is 0 Å². The molecule has 13 heavy (non-hydrogen) atoms. The molecule has 1 aromatic heterocycles. The SMILES string of the molecule is [CH2]C(=S)Sc1nnnn1CC(=O)O. The summed E-state index contributed by atoms with van der Waals surface area (Å²) in [6, 6.07) is 0. The normalized spacial score (nSPS) is 9.92. The van der Waals surface area contributed by atoms with Gasteiger partial charge in [0.05, 0.1) is 4.20 Å². The maximum Gasteiger partial charge on any atom is 0.325 e. The molecule has 1 aromatic rings. The van der Waals surface area contributed by atoms with Crippen molar-refractivity contribution in [1.82, 2.24) is 20.2 Å². The minimum Gasteiger partial charge on any atom is -0.480 e. The number of carboxylic acids is 1. The van der Waals surface area contributed by atoms with E-state index in [4.69, 9.17) is 17.3 Å². The molecule has 0 aromatic carbocycles. The van der Waals surface area contributed by atoms with Crippen molar-refractivity contribution in [1.29, 1.82) is 0 Å². The Bertz CT molecular complexity index is 307. The van der Waals surface area contributed by atoms with Gasteiger partial charge in [0, 0.05) is 0 Å². The number of aliphatic carboxylic acids is 1. The zero-order valence-corrected chi connectivity index (χ0v) is 8.01. The van der Waals surface area contributed by atoms with Gasteiger partial charge in [-0.1, -0.05) is 12.2 Å². The van der Waals surface area contributed by atoms with E-state index >= 15 is 0 Å². The number of hydrogen-bond donors (Lipinski definition) is 1. The molecule has 1 N–H and O–H groups in total. The van der Waals surface area contributed by atoms with Crippen LogP contribution in [0.2, 0.25) is 0 Å². The largest absolute Gasteiger partial charge is 0.480 e. The molecular weight excluding hydrogens is 212 g/mol. The Morgan fingerprint density at radius 3 is 3.00 bits per heavy atom. The Hall–Kier alpha value is -1.02. The molecule has 0 aliphatic heterocycles. The number of thiocarbonyl (C=S) groups is 1. The highest BCUT2D eigenvalue weighted by atomic mass is 32.2. The van der Waals surface area contributed by atoms with Gasteiger partial charge in [-0.3, -0.25) is 4.79 Å². The van der Waals surface area contributed by atoms with Crippen molar-refractivity contribution in [3.05, 3.63) is 6.92 Å². The van der Waals surface area contributed by atoms with Gasteiger partial charge >= 0.3 is 5.97 Å². The van der Waals surface area contributed by atoms with Gasteiger partial charge in [0.25, 0.3) is 0 Å². The molecule has 6 nitrogen and oxygen atoms in total. The summed E-state index contributed by atoms with van der Waals surface area (Å²) in [6.07, 6.45) is 0. The fourth-order valence-electron chi connectivity index (χ4n) is 0.599. The first-order valence-corrected chi connectivity index (χ1v) is 4.34. The highest BCUT2D eigenvalue weighted by Crippen LogP contribution is 2.14.